The minimum absolute atomic E-state index is 0.0245. The number of carboxylic acid groups (broad SMARTS) is 1. The minimum Gasteiger partial charge on any atom is -0.481 e. The molecule has 20 heavy (non-hydrogen) atoms. The van der Waals surface area contributed by atoms with Crippen molar-refractivity contribution in [3.8, 4) is 0 Å². The number of carbonyl (C=O) groups is 2. The van der Waals surface area contributed by atoms with Crippen LogP contribution in [0.25, 0.3) is 0 Å². The van der Waals surface area contributed by atoms with Crippen LogP contribution in [0.4, 0.5) is 0 Å². The van der Waals surface area contributed by atoms with Gasteiger partial charge in [0.1, 0.15) is 0 Å². The monoisotopic (exact) mass is 339 g/mol. The lowest BCUT2D eigenvalue weighted by Gasteiger charge is -2.40. The molecular formula is C15H18BrNO3. The molecule has 1 fully saturated rings. The third-order valence-corrected chi connectivity index (χ3v) is 4.42. The highest BCUT2D eigenvalue weighted by Gasteiger charge is 2.45. The van der Waals surface area contributed by atoms with Gasteiger partial charge in [-0.1, -0.05) is 34.5 Å². The summed E-state index contributed by atoms with van der Waals surface area (Å²) < 4.78 is 0.998. The highest BCUT2D eigenvalue weighted by molar-refractivity contribution is 9.10. The van der Waals surface area contributed by atoms with Gasteiger partial charge in [0.05, 0.1) is 5.41 Å². The Morgan fingerprint density at radius 3 is 2.40 bits per heavy atom. The van der Waals surface area contributed by atoms with Crippen molar-refractivity contribution in [2.45, 2.75) is 37.5 Å². The Morgan fingerprint density at radius 2 is 1.90 bits per heavy atom. The maximum absolute atomic E-state index is 12.4. The maximum Gasteiger partial charge on any atom is 0.303 e. The van der Waals surface area contributed by atoms with Crippen LogP contribution in [0, 0.1) is 0 Å². The van der Waals surface area contributed by atoms with E-state index in [2.05, 4.69) is 21.2 Å². The summed E-state index contributed by atoms with van der Waals surface area (Å²) >= 11 is 3.40. The molecule has 0 spiro atoms. The van der Waals surface area contributed by atoms with Gasteiger partial charge in [-0.25, -0.2) is 0 Å². The highest BCUT2D eigenvalue weighted by Crippen LogP contribution is 2.44. The predicted molar refractivity (Wildman–Crippen MR) is 79.6 cm³/mol. The Balaban J connectivity index is 1.98. The molecule has 0 aromatic heterocycles. The molecule has 0 unspecified atom stereocenters. The van der Waals surface area contributed by atoms with Gasteiger partial charge in [0, 0.05) is 17.4 Å². The lowest BCUT2D eigenvalue weighted by Crippen LogP contribution is -2.49. The molecule has 0 saturated heterocycles. The van der Waals surface area contributed by atoms with Crippen LogP contribution in [0.2, 0.25) is 0 Å². The van der Waals surface area contributed by atoms with E-state index in [4.69, 9.17) is 5.11 Å². The Bertz CT molecular complexity index is 494. The first-order valence-corrected chi connectivity index (χ1v) is 7.60. The maximum atomic E-state index is 12.4. The number of benzene rings is 1. The molecule has 5 heteroatoms. The molecule has 0 bridgehead atoms. The van der Waals surface area contributed by atoms with Gasteiger partial charge in [-0.3, -0.25) is 9.59 Å². The van der Waals surface area contributed by atoms with Crippen molar-refractivity contribution in [3.05, 3.63) is 34.3 Å². The van der Waals surface area contributed by atoms with Gasteiger partial charge in [0.2, 0.25) is 5.91 Å². The van der Waals surface area contributed by atoms with Crippen LogP contribution in [0.15, 0.2) is 28.7 Å². The SMILES string of the molecule is O=C(O)CCCNC(=O)C1(c2ccc(Br)cc2)CCC1. The Morgan fingerprint density at radius 1 is 1.25 bits per heavy atom. The fourth-order valence-electron chi connectivity index (χ4n) is 2.56. The third kappa shape index (κ3) is 3.20. The average Bonchev–Trinajstić information content (AvgIpc) is 2.35. The Hall–Kier alpha value is -1.36. The molecule has 0 radical (unpaired) electrons. The van der Waals surface area contributed by atoms with Crippen molar-refractivity contribution in [1.82, 2.24) is 5.32 Å². The zero-order valence-corrected chi connectivity index (χ0v) is 12.8. The molecule has 1 aliphatic rings. The number of hydrogen-bond donors (Lipinski definition) is 2. The fraction of sp³-hybridized carbons (Fsp3) is 0.467. The molecule has 1 saturated carbocycles. The summed E-state index contributed by atoms with van der Waals surface area (Å²) in [6, 6.07) is 7.88. The van der Waals surface area contributed by atoms with Crippen molar-refractivity contribution in [2.24, 2.45) is 0 Å². The van der Waals surface area contributed by atoms with Crippen molar-refractivity contribution in [1.29, 1.82) is 0 Å². The quantitative estimate of drug-likeness (QED) is 0.783. The number of halogens is 1. The number of carboxylic acids is 1. The molecule has 0 heterocycles. The van der Waals surface area contributed by atoms with Crippen molar-refractivity contribution in [3.63, 3.8) is 0 Å². The van der Waals surface area contributed by atoms with E-state index >= 15 is 0 Å². The van der Waals surface area contributed by atoms with Crippen LogP contribution in [-0.2, 0) is 15.0 Å². The molecule has 108 valence electrons. The van der Waals surface area contributed by atoms with Gasteiger partial charge in [0.15, 0.2) is 0 Å². The zero-order valence-electron chi connectivity index (χ0n) is 11.2. The van der Waals surface area contributed by atoms with E-state index in [1.54, 1.807) is 0 Å². The molecule has 0 aliphatic heterocycles. The molecule has 1 aromatic rings. The summed E-state index contributed by atoms with van der Waals surface area (Å²) in [5, 5.41) is 11.5. The fourth-order valence-corrected chi connectivity index (χ4v) is 2.82. The van der Waals surface area contributed by atoms with E-state index in [0.717, 1.165) is 29.3 Å². The van der Waals surface area contributed by atoms with Gasteiger partial charge in [-0.2, -0.15) is 0 Å². The second-order valence-corrected chi connectivity index (χ2v) is 6.11. The van der Waals surface area contributed by atoms with Crippen molar-refractivity contribution >= 4 is 27.8 Å². The average molecular weight is 340 g/mol. The summed E-state index contributed by atoms with van der Waals surface area (Å²) in [5.74, 6) is -0.804. The van der Waals surface area contributed by atoms with Crippen LogP contribution in [-0.4, -0.2) is 23.5 Å². The van der Waals surface area contributed by atoms with Crippen molar-refractivity contribution < 1.29 is 14.7 Å². The molecular weight excluding hydrogens is 322 g/mol. The highest BCUT2D eigenvalue weighted by atomic mass is 79.9. The summed E-state index contributed by atoms with van der Waals surface area (Å²) in [7, 11) is 0. The molecule has 0 atom stereocenters. The second-order valence-electron chi connectivity index (χ2n) is 5.20. The van der Waals surface area contributed by atoms with E-state index in [9.17, 15) is 9.59 Å². The first-order chi connectivity index (χ1) is 9.54. The predicted octanol–water partition coefficient (Wildman–Crippen LogP) is 2.85. The molecule has 2 N–H and O–H groups in total. The standard InChI is InChI=1S/C15H18BrNO3/c16-12-6-4-11(5-7-12)15(8-2-9-15)14(20)17-10-1-3-13(18)19/h4-7H,1-3,8-10H2,(H,17,20)(H,18,19). The lowest BCUT2D eigenvalue weighted by molar-refractivity contribution is -0.137. The smallest absolute Gasteiger partial charge is 0.303 e. The second kappa shape index (κ2) is 6.39. The van der Waals surface area contributed by atoms with E-state index in [1.165, 1.54) is 0 Å². The normalized spacial score (nSPS) is 16.2. The summed E-state index contributed by atoms with van der Waals surface area (Å²) in [4.78, 5) is 22.9. The Labute approximate surface area is 126 Å². The number of rotatable bonds is 6. The molecule has 1 aromatic carbocycles. The van der Waals surface area contributed by atoms with Gasteiger partial charge < -0.3 is 10.4 Å². The first-order valence-electron chi connectivity index (χ1n) is 6.81. The van der Waals surface area contributed by atoms with Crippen LogP contribution < -0.4 is 5.32 Å². The van der Waals surface area contributed by atoms with Gasteiger partial charge in [0.25, 0.3) is 0 Å². The molecule has 1 aliphatic carbocycles. The summed E-state index contributed by atoms with van der Waals surface area (Å²) in [6.07, 6.45) is 3.33. The number of amides is 1. The zero-order chi connectivity index (χ0) is 14.6. The van der Waals surface area contributed by atoms with Crippen LogP contribution in [0.5, 0.6) is 0 Å². The summed E-state index contributed by atoms with van der Waals surface area (Å²) in [5.41, 5.74) is 0.631. The third-order valence-electron chi connectivity index (χ3n) is 3.89. The summed E-state index contributed by atoms with van der Waals surface area (Å²) in [6.45, 7) is 0.420. The van der Waals surface area contributed by atoms with Gasteiger partial charge in [-0.15, -0.1) is 0 Å². The van der Waals surface area contributed by atoms with E-state index in [0.29, 0.717) is 13.0 Å². The van der Waals surface area contributed by atoms with Crippen LogP contribution >= 0.6 is 15.9 Å². The topological polar surface area (TPSA) is 66.4 Å². The number of hydrogen-bond acceptors (Lipinski definition) is 2. The van der Waals surface area contributed by atoms with E-state index < -0.39 is 11.4 Å². The van der Waals surface area contributed by atoms with E-state index in [-0.39, 0.29) is 12.3 Å². The van der Waals surface area contributed by atoms with E-state index in [1.807, 2.05) is 24.3 Å². The first kappa shape index (κ1) is 15.0. The van der Waals surface area contributed by atoms with Gasteiger partial charge >= 0.3 is 5.97 Å². The molecule has 4 nitrogen and oxygen atoms in total. The minimum atomic E-state index is -0.828. The van der Waals surface area contributed by atoms with Crippen LogP contribution in [0.1, 0.15) is 37.7 Å². The largest absolute Gasteiger partial charge is 0.481 e. The lowest BCUT2D eigenvalue weighted by atomic mass is 9.64. The Kier molecular flexibility index (Phi) is 4.81. The molecule has 2 rings (SSSR count). The number of carbonyl (C=O) groups excluding carboxylic acids is 1. The molecule has 1 amide bonds. The van der Waals surface area contributed by atoms with Gasteiger partial charge in [-0.05, 0) is 37.0 Å². The number of nitrogens with one attached hydrogen (secondary N) is 1. The number of aliphatic carboxylic acids is 1. The van der Waals surface area contributed by atoms with Crippen LogP contribution in [0.3, 0.4) is 0 Å². The van der Waals surface area contributed by atoms with Crippen molar-refractivity contribution in [2.75, 3.05) is 6.54 Å².